The summed E-state index contributed by atoms with van der Waals surface area (Å²) in [5.41, 5.74) is 0.847. The Labute approximate surface area is 165 Å². The average molecular weight is 406 g/mol. The number of pyridine rings is 1. The number of rotatable bonds is 3. The van der Waals surface area contributed by atoms with Crippen molar-refractivity contribution in [3.8, 4) is 0 Å². The van der Waals surface area contributed by atoms with Gasteiger partial charge in [0.25, 0.3) is 11.5 Å². The minimum atomic E-state index is -4.54. The normalized spacial score (nSPS) is 19.3. The van der Waals surface area contributed by atoms with E-state index in [1.54, 1.807) is 11.0 Å². The van der Waals surface area contributed by atoms with Crippen LogP contribution in [-0.4, -0.2) is 38.2 Å². The third-order valence-electron chi connectivity index (χ3n) is 5.60. The third-order valence-corrected chi connectivity index (χ3v) is 5.60. The van der Waals surface area contributed by atoms with Crippen LogP contribution in [0.3, 0.4) is 0 Å². The first-order valence-corrected chi connectivity index (χ1v) is 9.77. The molecule has 0 radical (unpaired) electrons. The largest absolute Gasteiger partial charge is 0.433 e. The van der Waals surface area contributed by atoms with Gasteiger partial charge in [-0.3, -0.25) is 14.6 Å². The Balaban J connectivity index is 1.52. The molecule has 2 aromatic heterocycles. The highest BCUT2D eigenvalue weighted by atomic mass is 19.4. The van der Waals surface area contributed by atoms with Crippen LogP contribution in [0.2, 0.25) is 0 Å². The lowest BCUT2D eigenvalue weighted by Gasteiger charge is -2.25. The van der Waals surface area contributed by atoms with Gasteiger partial charge in [-0.25, -0.2) is 4.68 Å². The molecule has 0 N–H and O–H groups in total. The number of aryl methyl sites for hydroxylation is 2. The third kappa shape index (κ3) is 4.04. The molecule has 1 aliphatic heterocycles. The Morgan fingerprint density at radius 3 is 2.69 bits per heavy atom. The summed E-state index contributed by atoms with van der Waals surface area (Å²) in [6.07, 6.45) is 1.72. The van der Waals surface area contributed by atoms with Crippen molar-refractivity contribution in [3.63, 3.8) is 0 Å². The van der Waals surface area contributed by atoms with Crippen LogP contribution in [0.5, 0.6) is 0 Å². The first kappa shape index (κ1) is 19.6. The lowest BCUT2D eigenvalue weighted by atomic mass is 9.97. The van der Waals surface area contributed by atoms with Crippen LogP contribution in [-0.2, 0) is 25.6 Å². The molecule has 3 heterocycles. The van der Waals surface area contributed by atoms with Gasteiger partial charge < -0.3 is 4.90 Å². The summed E-state index contributed by atoms with van der Waals surface area (Å²) in [4.78, 5) is 30.2. The summed E-state index contributed by atoms with van der Waals surface area (Å²) >= 11 is 0. The fourth-order valence-electron chi connectivity index (χ4n) is 4.08. The quantitative estimate of drug-likeness (QED) is 0.786. The first-order valence-electron chi connectivity index (χ1n) is 9.77. The zero-order chi connectivity index (χ0) is 20.6. The highest BCUT2D eigenvalue weighted by Gasteiger charge is 2.34. The molecule has 1 saturated heterocycles. The molecule has 2 aliphatic rings. The molecule has 9 heteroatoms. The number of alkyl halides is 3. The maximum atomic E-state index is 12.8. The summed E-state index contributed by atoms with van der Waals surface area (Å²) in [6, 6.07) is 3.38. The van der Waals surface area contributed by atoms with Crippen LogP contribution in [0.15, 0.2) is 29.2 Å². The number of nitrogens with zero attached hydrogens (tertiary/aromatic N) is 4. The second-order valence-electron chi connectivity index (χ2n) is 7.57. The Bertz CT molecular complexity index is 969. The minimum Gasteiger partial charge on any atom is -0.334 e. The van der Waals surface area contributed by atoms with E-state index in [-0.39, 0.29) is 29.6 Å². The molecule has 1 atom stereocenters. The number of carbonyl (C=O) groups excluding carboxylic acids is 1. The lowest BCUT2D eigenvalue weighted by Crippen LogP contribution is -2.41. The standard InChI is InChI=1S/C20H21F3N4O2/c21-20(22,23)17-8-7-14(11-24-17)19(29)26-9-3-5-15(26)12-27-18(28)10-13-4-1-2-6-16(13)25-27/h7-8,10-11,15H,1-6,9,12H2. The van der Waals surface area contributed by atoms with Gasteiger partial charge in [0.05, 0.1) is 23.8 Å². The van der Waals surface area contributed by atoms with Gasteiger partial charge >= 0.3 is 6.18 Å². The van der Waals surface area contributed by atoms with Gasteiger partial charge in [-0.2, -0.15) is 18.3 Å². The summed E-state index contributed by atoms with van der Waals surface area (Å²) in [6.45, 7) is 0.774. The van der Waals surface area contributed by atoms with E-state index < -0.39 is 11.9 Å². The molecule has 6 nitrogen and oxygen atoms in total. The van der Waals surface area contributed by atoms with Crippen molar-refractivity contribution in [2.45, 2.75) is 57.3 Å². The van der Waals surface area contributed by atoms with Crippen LogP contribution < -0.4 is 5.56 Å². The van der Waals surface area contributed by atoms with E-state index in [0.717, 1.165) is 61.7 Å². The molecule has 29 heavy (non-hydrogen) atoms. The molecule has 0 bridgehead atoms. The summed E-state index contributed by atoms with van der Waals surface area (Å²) in [5, 5.41) is 4.51. The van der Waals surface area contributed by atoms with Crippen molar-refractivity contribution in [1.82, 2.24) is 19.7 Å². The van der Waals surface area contributed by atoms with E-state index in [9.17, 15) is 22.8 Å². The number of hydrogen-bond acceptors (Lipinski definition) is 4. The van der Waals surface area contributed by atoms with E-state index >= 15 is 0 Å². The van der Waals surface area contributed by atoms with Gasteiger partial charge in [0.15, 0.2) is 0 Å². The molecule has 1 aliphatic carbocycles. The number of hydrogen-bond donors (Lipinski definition) is 0. The zero-order valence-electron chi connectivity index (χ0n) is 15.8. The van der Waals surface area contributed by atoms with Gasteiger partial charge in [-0.1, -0.05) is 0 Å². The number of aromatic nitrogens is 3. The maximum absolute atomic E-state index is 12.8. The topological polar surface area (TPSA) is 68.1 Å². The van der Waals surface area contributed by atoms with Gasteiger partial charge in [0, 0.05) is 18.8 Å². The number of likely N-dealkylation sites (tertiary alicyclic amines) is 1. The lowest BCUT2D eigenvalue weighted by molar-refractivity contribution is -0.141. The van der Waals surface area contributed by atoms with Crippen molar-refractivity contribution in [2.24, 2.45) is 0 Å². The number of amides is 1. The minimum absolute atomic E-state index is 0.107. The van der Waals surface area contributed by atoms with E-state index in [2.05, 4.69) is 10.1 Å². The molecule has 4 rings (SSSR count). The molecule has 1 unspecified atom stereocenters. The molecule has 0 saturated carbocycles. The fourth-order valence-corrected chi connectivity index (χ4v) is 4.08. The molecular formula is C20H21F3N4O2. The Morgan fingerprint density at radius 2 is 1.97 bits per heavy atom. The van der Waals surface area contributed by atoms with Crippen molar-refractivity contribution < 1.29 is 18.0 Å². The monoisotopic (exact) mass is 406 g/mol. The van der Waals surface area contributed by atoms with Crippen LogP contribution in [0, 0.1) is 0 Å². The second kappa shape index (κ2) is 7.61. The van der Waals surface area contributed by atoms with Crippen molar-refractivity contribution >= 4 is 5.91 Å². The SMILES string of the molecule is O=C(c1ccc(C(F)(F)F)nc1)N1CCCC1Cn1nc2c(cc1=O)CCCC2. The number of halogens is 3. The first-order chi connectivity index (χ1) is 13.8. The fraction of sp³-hybridized carbons (Fsp3) is 0.500. The highest BCUT2D eigenvalue weighted by Crippen LogP contribution is 2.28. The molecule has 154 valence electrons. The van der Waals surface area contributed by atoms with Crippen molar-refractivity contribution in [3.05, 3.63) is 57.3 Å². The maximum Gasteiger partial charge on any atom is 0.433 e. The smallest absolute Gasteiger partial charge is 0.334 e. The summed E-state index contributed by atoms with van der Waals surface area (Å²) in [7, 11) is 0. The predicted molar refractivity (Wildman–Crippen MR) is 98.4 cm³/mol. The van der Waals surface area contributed by atoms with Crippen LogP contribution >= 0.6 is 0 Å². The van der Waals surface area contributed by atoms with Gasteiger partial charge in [-0.15, -0.1) is 0 Å². The Kier molecular flexibility index (Phi) is 5.14. The molecule has 2 aromatic rings. The van der Waals surface area contributed by atoms with E-state index in [1.165, 1.54) is 4.68 Å². The van der Waals surface area contributed by atoms with Gasteiger partial charge in [-0.05, 0) is 56.2 Å². The average Bonchev–Trinajstić information content (AvgIpc) is 3.15. The number of carbonyl (C=O) groups is 1. The van der Waals surface area contributed by atoms with E-state index in [1.807, 2.05) is 0 Å². The molecule has 1 fully saturated rings. The van der Waals surface area contributed by atoms with Gasteiger partial charge in [0.2, 0.25) is 0 Å². The number of fused-ring (bicyclic) bond motifs is 1. The molecule has 1 amide bonds. The van der Waals surface area contributed by atoms with Crippen molar-refractivity contribution in [2.75, 3.05) is 6.54 Å². The zero-order valence-corrected chi connectivity index (χ0v) is 15.8. The highest BCUT2D eigenvalue weighted by molar-refractivity contribution is 5.94. The summed E-state index contributed by atoms with van der Waals surface area (Å²) in [5.74, 6) is -0.375. The Morgan fingerprint density at radius 1 is 1.17 bits per heavy atom. The van der Waals surface area contributed by atoms with E-state index in [0.29, 0.717) is 13.0 Å². The second-order valence-corrected chi connectivity index (χ2v) is 7.57. The Hall–Kier alpha value is -2.71. The van der Waals surface area contributed by atoms with Gasteiger partial charge in [0.1, 0.15) is 5.69 Å². The van der Waals surface area contributed by atoms with E-state index in [4.69, 9.17) is 0 Å². The van der Waals surface area contributed by atoms with Crippen LogP contribution in [0.25, 0.3) is 0 Å². The van der Waals surface area contributed by atoms with Crippen molar-refractivity contribution in [1.29, 1.82) is 0 Å². The predicted octanol–water partition coefficient (Wildman–Crippen LogP) is 2.84. The summed E-state index contributed by atoms with van der Waals surface area (Å²) < 4.78 is 39.5. The molecule has 0 aromatic carbocycles. The van der Waals surface area contributed by atoms with Crippen LogP contribution in [0.1, 0.15) is 53.0 Å². The molecule has 0 spiro atoms. The molecular weight excluding hydrogens is 385 g/mol. The van der Waals surface area contributed by atoms with Crippen LogP contribution in [0.4, 0.5) is 13.2 Å².